The van der Waals surface area contributed by atoms with Crippen LogP contribution in [-0.2, 0) is 13.0 Å². The molecule has 4 nitrogen and oxygen atoms in total. The minimum Gasteiger partial charge on any atom is -0.160 e. The number of aromatic nitrogens is 4. The molecule has 0 radical (unpaired) electrons. The number of benzene rings is 1. The van der Waals surface area contributed by atoms with Crippen LogP contribution in [0.15, 0.2) is 24.3 Å². The third-order valence-electron chi connectivity index (χ3n) is 2.31. The number of nitrogens with zero attached hydrogens (tertiary/aromatic N) is 4. The van der Waals surface area contributed by atoms with E-state index < -0.39 is 0 Å². The lowest BCUT2D eigenvalue weighted by molar-refractivity contribution is 0.571. The Morgan fingerprint density at radius 3 is 2.33 bits per heavy atom. The van der Waals surface area contributed by atoms with E-state index in [9.17, 15) is 0 Å². The normalized spacial score (nSPS) is 10.5. The summed E-state index contributed by atoms with van der Waals surface area (Å²) in [6, 6.07) is 8.49. The summed E-state index contributed by atoms with van der Waals surface area (Å²) in [4.78, 5) is 1.61. The third kappa shape index (κ3) is 2.40. The first-order valence-electron chi connectivity index (χ1n) is 5.10. The lowest BCUT2D eigenvalue weighted by atomic mass is 10.1. The van der Waals surface area contributed by atoms with Gasteiger partial charge in [-0.15, -0.1) is 10.2 Å². The van der Waals surface area contributed by atoms with Crippen LogP contribution in [0, 0.1) is 6.92 Å². The minimum atomic E-state index is 0.685. The van der Waals surface area contributed by atoms with Gasteiger partial charge in [-0.25, -0.2) is 0 Å². The van der Waals surface area contributed by atoms with Gasteiger partial charge in [-0.2, -0.15) is 4.80 Å². The van der Waals surface area contributed by atoms with Crippen molar-refractivity contribution in [3.63, 3.8) is 0 Å². The topological polar surface area (TPSA) is 43.6 Å². The third-order valence-corrected chi connectivity index (χ3v) is 2.31. The van der Waals surface area contributed by atoms with E-state index in [4.69, 9.17) is 0 Å². The van der Waals surface area contributed by atoms with E-state index in [1.165, 1.54) is 11.1 Å². The Labute approximate surface area is 88.9 Å². The fourth-order valence-electron chi connectivity index (χ4n) is 1.43. The summed E-state index contributed by atoms with van der Waals surface area (Å²) < 4.78 is 0. The highest BCUT2D eigenvalue weighted by Gasteiger charge is 1.99. The van der Waals surface area contributed by atoms with Crippen LogP contribution < -0.4 is 0 Å². The molecule has 4 heteroatoms. The molecule has 1 aromatic carbocycles. The van der Waals surface area contributed by atoms with Crippen LogP contribution in [0.2, 0.25) is 0 Å². The molecule has 0 aliphatic rings. The molecular weight excluding hydrogens is 188 g/mol. The zero-order valence-electron chi connectivity index (χ0n) is 9.01. The van der Waals surface area contributed by atoms with Crippen LogP contribution in [0.5, 0.6) is 0 Å². The van der Waals surface area contributed by atoms with Crippen molar-refractivity contribution < 1.29 is 0 Å². The van der Waals surface area contributed by atoms with Gasteiger partial charge in [-0.3, -0.25) is 0 Å². The standard InChI is InChI=1S/C11H14N4/c1-3-10-4-6-11(7-5-10)8-15-13-9(2)12-14-15/h4-7H,3,8H2,1-2H3. The first kappa shape index (κ1) is 9.83. The molecule has 78 valence electrons. The molecule has 0 N–H and O–H groups in total. The van der Waals surface area contributed by atoms with Gasteiger partial charge in [0.15, 0.2) is 5.82 Å². The van der Waals surface area contributed by atoms with Crippen LogP contribution in [-0.4, -0.2) is 20.2 Å². The van der Waals surface area contributed by atoms with Crippen molar-refractivity contribution in [1.82, 2.24) is 20.2 Å². The summed E-state index contributed by atoms with van der Waals surface area (Å²) >= 11 is 0. The van der Waals surface area contributed by atoms with Crippen molar-refractivity contribution in [2.45, 2.75) is 26.8 Å². The second-order valence-corrected chi connectivity index (χ2v) is 3.54. The number of tetrazole rings is 1. The van der Waals surface area contributed by atoms with Gasteiger partial charge in [0.05, 0.1) is 6.54 Å². The highest BCUT2D eigenvalue weighted by molar-refractivity contribution is 5.22. The van der Waals surface area contributed by atoms with Gasteiger partial charge in [0.2, 0.25) is 0 Å². The summed E-state index contributed by atoms with van der Waals surface area (Å²) in [6.07, 6.45) is 1.07. The van der Waals surface area contributed by atoms with Crippen LogP contribution in [0.1, 0.15) is 23.9 Å². The molecule has 2 aromatic rings. The average Bonchev–Trinajstić information content (AvgIpc) is 2.65. The summed E-state index contributed by atoms with van der Waals surface area (Å²) in [5.41, 5.74) is 2.55. The molecule has 0 aliphatic heterocycles. The van der Waals surface area contributed by atoms with E-state index in [1.54, 1.807) is 4.80 Å². The Balaban J connectivity index is 2.11. The largest absolute Gasteiger partial charge is 0.171 e. The molecule has 0 saturated carbocycles. The summed E-state index contributed by atoms with van der Waals surface area (Å²) in [6.45, 7) is 4.67. The molecule has 0 unspecified atom stereocenters. The van der Waals surface area contributed by atoms with Gasteiger partial charge in [0.1, 0.15) is 0 Å². The van der Waals surface area contributed by atoms with Crippen LogP contribution in [0.4, 0.5) is 0 Å². The lowest BCUT2D eigenvalue weighted by Crippen LogP contribution is -2.04. The maximum atomic E-state index is 4.14. The molecule has 0 bridgehead atoms. The second-order valence-electron chi connectivity index (χ2n) is 3.54. The van der Waals surface area contributed by atoms with E-state index in [1.807, 2.05) is 6.92 Å². The highest BCUT2D eigenvalue weighted by atomic mass is 15.6. The molecular formula is C11H14N4. The van der Waals surface area contributed by atoms with Gasteiger partial charge in [0.25, 0.3) is 0 Å². The maximum Gasteiger partial charge on any atom is 0.171 e. The Bertz CT molecular complexity index is 430. The van der Waals surface area contributed by atoms with Crippen molar-refractivity contribution in [3.05, 3.63) is 41.2 Å². The fourth-order valence-corrected chi connectivity index (χ4v) is 1.43. The Morgan fingerprint density at radius 1 is 1.13 bits per heavy atom. The molecule has 0 atom stereocenters. The van der Waals surface area contributed by atoms with E-state index in [2.05, 4.69) is 46.6 Å². The molecule has 0 fully saturated rings. The fraction of sp³-hybridized carbons (Fsp3) is 0.364. The molecule has 15 heavy (non-hydrogen) atoms. The summed E-state index contributed by atoms with van der Waals surface area (Å²) in [7, 11) is 0. The van der Waals surface area contributed by atoms with Crippen molar-refractivity contribution in [2.24, 2.45) is 0 Å². The van der Waals surface area contributed by atoms with E-state index in [0.29, 0.717) is 12.4 Å². The van der Waals surface area contributed by atoms with E-state index in [0.717, 1.165) is 6.42 Å². The molecule has 1 aromatic heterocycles. The van der Waals surface area contributed by atoms with Crippen LogP contribution >= 0.6 is 0 Å². The summed E-state index contributed by atoms with van der Waals surface area (Å²) in [5.74, 6) is 0.708. The second kappa shape index (κ2) is 4.21. The van der Waals surface area contributed by atoms with Crippen LogP contribution in [0.25, 0.3) is 0 Å². The van der Waals surface area contributed by atoms with Crippen molar-refractivity contribution in [1.29, 1.82) is 0 Å². The first-order chi connectivity index (χ1) is 7.28. The maximum absolute atomic E-state index is 4.14. The van der Waals surface area contributed by atoms with Crippen molar-refractivity contribution in [3.8, 4) is 0 Å². The number of aryl methyl sites for hydroxylation is 2. The molecule has 0 spiro atoms. The molecule has 0 aliphatic carbocycles. The zero-order valence-corrected chi connectivity index (χ0v) is 9.01. The van der Waals surface area contributed by atoms with Gasteiger partial charge < -0.3 is 0 Å². The Morgan fingerprint density at radius 2 is 1.80 bits per heavy atom. The summed E-state index contributed by atoms with van der Waals surface area (Å²) in [5, 5.41) is 11.9. The van der Waals surface area contributed by atoms with Gasteiger partial charge in [-0.1, -0.05) is 31.2 Å². The highest BCUT2D eigenvalue weighted by Crippen LogP contribution is 2.05. The molecule has 2 rings (SSSR count). The Kier molecular flexibility index (Phi) is 2.76. The molecule has 1 heterocycles. The monoisotopic (exact) mass is 202 g/mol. The van der Waals surface area contributed by atoms with Gasteiger partial charge in [-0.05, 0) is 29.7 Å². The minimum absolute atomic E-state index is 0.685. The average molecular weight is 202 g/mol. The van der Waals surface area contributed by atoms with Crippen molar-refractivity contribution in [2.75, 3.05) is 0 Å². The quantitative estimate of drug-likeness (QED) is 0.759. The van der Waals surface area contributed by atoms with Crippen LogP contribution in [0.3, 0.4) is 0 Å². The molecule has 0 saturated heterocycles. The molecule has 0 amide bonds. The first-order valence-corrected chi connectivity index (χ1v) is 5.10. The van der Waals surface area contributed by atoms with Gasteiger partial charge in [0, 0.05) is 0 Å². The SMILES string of the molecule is CCc1ccc(Cn2nnc(C)n2)cc1. The smallest absolute Gasteiger partial charge is 0.160 e. The van der Waals surface area contributed by atoms with Gasteiger partial charge >= 0.3 is 0 Å². The van der Waals surface area contributed by atoms with Crippen molar-refractivity contribution >= 4 is 0 Å². The number of hydrogen-bond acceptors (Lipinski definition) is 3. The zero-order chi connectivity index (χ0) is 10.7. The lowest BCUT2D eigenvalue weighted by Gasteiger charge is -2.01. The number of rotatable bonds is 3. The number of hydrogen-bond donors (Lipinski definition) is 0. The van der Waals surface area contributed by atoms with E-state index >= 15 is 0 Å². The predicted octanol–water partition coefficient (Wildman–Crippen LogP) is 1.59. The Hall–Kier alpha value is -1.71. The predicted molar refractivity (Wildman–Crippen MR) is 57.5 cm³/mol. The van der Waals surface area contributed by atoms with E-state index in [-0.39, 0.29) is 0 Å².